The number of para-hydroxylation sites is 1. The molecule has 0 aliphatic rings. The predicted molar refractivity (Wildman–Crippen MR) is 76.6 cm³/mol. The maximum Gasteiger partial charge on any atom is 0.329 e. The molecule has 0 aromatic heterocycles. The fraction of sp³-hybridized carbons (Fsp3) is 0.0714. The predicted octanol–water partition coefficient (Wildman–Crippen LogP) is 2.62. The summed E-state index contributed by atoms with van der Waals surface area (Å²) in [6, 6.07) is 15.2. The van der Waals surface area contributed by atoms with Crippen molar-refractivity contribution in [3.05, 3.63) is 65.7 Å². The standard InChI is InChI=1S/C14H14NO4P/c16-14(11-6-2-1-3-7-11)15-13-9-5-4-8-12(13)10-20(17,18)19/h1-9H,10H2,(H,15,16)(H2,17,18,19). The van der Waals surface area contributed by atoms with E-state index >= 15 is 0 Å². The van der Waals surface area contributed by atoms with Gasteiger partial charge < -0.3 is 15.1 Å². The van der Waals surface area contributed by atoms with Crippen LogP contribution in [0.4, 0.5) is 5.69 Å². The highest BCUT2D eigenvalue weighted by Gasteiger charge is 2.17. The van der Waals surface area contributed by atoms with Crippen molar-refractivity contribution in [1.29, 1.82) is 0 Å². The molecule has 0 unspecified atom stereocenters. The van der Waals surface area contributed by atoms with Crippen molar-refractivity contribution in [1.82, 2.24) is 0 Å². The molecular weight excluding hydrogens is 277 g/mol. The molecule has 20 heavy (non-hydrogen) atoms. The summed E-state index contributed by atoms with van der Waals surface area (Å²) < 4.78 is 11.1. The lowest BCUT2D eigenvalue weighted by molar-refractivity contribution is 0.102. The van der Waals surface area contributed by atoms with Crippen LogP contribution in [-0.2, 0) is 10.7 Å². The number of amides is 1. The van der Waals surface area contributed by atoms with Crippen LogP contribution in [0.1, 0.15) is 15.9 Å². The monoisotopic (exact) mass is 291 g/mol. The highest BCUT2D eigenvalue weighted by Crippen LogP contribution is 2.40. The van der Waals surface area contributed by atoms with Crippen LogP contribution in [0.5, 0.6) is 0 Å². The summed E-state index contributed by atoms with van der Waals surface area (Å²) in [6.07, 6.45) is -0.405. The van der Waals surface area contributed by atoms with E-state index in [0.717, 1.165) is 0 Å². The van der Waals surface area contributed by atoms with Gasteiger partial charge in [-0.1, -0.05) is 36.4 Å². The van der Waals surface area contributed by atoms with E-state index in [0.29, 0.717) is 16.8 Å². The SMILES string of the molecule is O=C(Nc1ccccc1CP(=O)(O)O)c1ccccc1. The van der Waals surface area contributed by atoms with Gasteiger partial charge in [0, 0.05) is 11.3 Å². The zero-order valence-electron chi connectivity index (χ0n) is 10.6. The highest BCUT2D eigenvalue weighted by atomic mass is 31.2. The molecule has 0 spiro atoms. The van der Waals surface area contributed by atoms with Crippen LogP contribution in [0.15, 0.2) is 54.6 Å². The van der Waals surface area contributed by atoms with E-state index < -0.39 is 13.8 Å². The fourth-order valence-corrected chi connectivity index (χ4v) is 2.51. The van der Waals surface area contributed by atoms with Crippen LogP contribution >= 0.6 is 7.60 Å². The second-order valence-electron chi connectivity index (χ2n) is 4.30. The second kappa shape index (κ2) is 6.01. The number of benzene rings is 2. The zero-order valence-corrected chi connectivity index (χ0v) is 11.5. The van der Waals surface area contributed by atoms with Crippen LogP contribution in [-0.4, -0.2) is 15.7 Å². The Labute approximate surface area is 116 Å². The van der Waals surface area contributed by atoms with E-state index in [9.17, 15) is 9.36 Å². The molecule has 6 heteroatoms. The molecule has 0 aliphatic carbocycles. The second-order valence-corrected chi connectivity index (χ2v) is 5.95. The normalized spacial score (nSPS) is 11.1. The number of nitrogens with one attached hydrogen (secondary N) is 1. The van der Waals surface area contributed by atoms with Crippen LogP contribution in [0, 0.1) is 0 Å². The van der Waals surface area contributed by atoms with Gasteiger partial charge in [-0.05, 0) is 23.8 Å². The average molecular weight is 291 g/mol. The number of hydrogen-bond acceptors (Lipinski definition) is 2. The molecule has 0 atom stereocenters. The molecule has 0 aliphatic heterocycles. The Balaban J connectivity index is 2.22. The first-order valence-electron chi connectivity index (χ1n) is 5.94. The molecule has 0 heterocycles. The molecule has 3 N–H and O–H groups in total. The lowest BCUT2D eigenvalue weighted by atomic mass is 10.1. The summed E-state index contributed by atoms with van der Waals surface area (Å²) in [6.45, 7) is 0. The molecule has 0 bridgehead atoms. The number of rotatable bonds is 4. The minimum atomic E-state index is -4.18. The lowest BCUT2D eigenvalue weighted by Crippen LogP contribution is -2.13. The number of carbonyl (C=O) groups is 1. The largest absolute Gasteiger partial charge is 0.329 e. The van der Waals surface area contributed by atoms with Gasteiger partial charge in [-0.2, -0.15) is 0 Å². The van der Waals surface area contributed by atoms with Crippen molar-refractivity contribution in [2.75, 3.05) is 5.32 Å². The van der Waals surface area contributed by atoms with Crippen LogP contribution < -0.4 is 5.32 Å². The molecule has 2 rings (SSSR count). The lowest BCUT2D eigenvalue weighted by Gasteiger charge is -2.11. The Morgan fingerprint density at radius 3 is 2.25 bits per heavy atom. The Hall–Kier alpha value is -1.94. The molecule has 2 aromatic rings. The van der Waals surface area contributed by atoms with Gasteiger partial charge in [-0.25, -0.2) is 0 Å². The van der Waals surface area contributed by atoms with Gasteiger partial charge in [-0.3, -0.25) is 9.36 Å². The third-order valence-electron chi connectivity index (χ3n) is 2.68. The molecular formula is C14H14NO4P. The van der Waals surface area contributed by atoms with Gasteiger partial charge >= 0.3 is 7.60 Å². The maximum atomic E-state index is 12.0. The smallest absolute Gasteiger partial charge is 0.324 e. The summed E-state index contributed by atoms with van der Waals surface area (Å²) in [5, 5.41) is 2.67. The number of hydrogen-bond donors (Lipinski definition) is 3. The Morgan fingerprint density at radius 2 is 1.60 bits per heavy atom. The quantitative estimate of drug-likeness (QED) is 0.756. The topological polar surface area (TPSA) is 86.6 Å². The van der Waals surface area contributed by atoms with Gasteiger partial charge in [-0.15, -0.1) is 0 Å². The Morgan fingerprint density at radius 1 is 1.00 bits per heavy atom. The van der Waals surface area contributed by atoms with E-state index in [-0.39, 0.29) is 5.91 Å². The van der Waals surface area contributed by atoms with Crippen molar-refractivity contribution in [2.24, 2.45) is 0 Å². The summed E-state index contributed by atoms with van der Waals surface area (Å²) in [5.41, 5.74) is 1.30. The summed E-state index contributed by atoms with van der Waals surface area (Å²) >= 11 is 0. The third-order valence-corrected chi connectivity index (χ3v) is 3.43. The van der Waals surface area contributed by atoms with Crippen LogP contribution in [0.3, 0.4) is 0 Å². The summed E-state index contributed by atoms with van der Waals surface area (Å²) in [4.78, 5) is 30.1. The zero-order chi connectivity index (χ0) is 14.6. The van der Waals surface area contributed by atoms with E-state index in [2.05, 4.69) is 5.32 Å². The summed E-state index contributed by atoms with van der Waals surface area (Å²) in [7, 11) is -4.18. The van der Waals surface area contributed by atoms with Crippen molar-refractivity contribution >= 4 is 19.2 Å². The van der Waals surface area contributed by atoms with Crippen LogP contribution in [0.25, 0.3) is 0 Å². The molecule has 5 nitrogen and oxygen atoms in total. The first-order valence-corrected chi connectivity index (χ1v) is 7.74. The van der Waals surface area contributed by atoms with Crippen molar-refractivity contribution in [2.45, 2.75) is 6.16 Å². The van der Waals surface area contributed by atoms with Gasteiger partial charge in [0.25, 0.3) is 5.91 Å². The molecule has 104 valence electrons. The molecule has 1 amide bonds. The van der Waals surface area contributed by atoms with E-state index in [1.807, 2.05) is 0 Å². The maximum absolute atomic E-state index is 12.0. The fourth-order valence-electron chi connectivity index (χ4n) is 1.79. The summed E-state index contributed by atoms with van der Waals surface area (Å²) in [5.74, 6) is -0.316. The van der Waals surface area contributed by atoms with Gasteiger partial charge in [0.15, 0.2) is 0 Å². The average Bonchev–Trinajstić information content (AvgIpc) is 2.40. The van der Waals surface area contributed by atoms with Gasteiger partial charge in [0.2, 0.25) is 0 Å². The Kier molecular flexibility index (Phi) is 4.35. The van der Waals surface area contributed by atoms with Crippen molar-refractivity contribution in [3.8, 4) is 0 Å². The number of anilines is 1. The van der Waals surface area contributed by atoms with E-state index in [1.165, 1.54) is 0 Å². The third kappa shape index (κ3) is 4.03. The van der Waals surface area contributed by atoms with E-state index in [1.54, 1.807) is 54.6 Å². The van der Waals surface area contributed by atoms with E-state index in [4.69, 9.17) is 9.79 Å². The van der Waals surface area contributed by atoms with Gasteiger partial charge in [0.05, 0.1) is 6.16 Å². The van der Waals surface area contributed by atoms with Crippen LogP contribution in [0.2, 0.25) is 0 Å². The molecule has 2 aromatic carbocycles. The molecule has 0 saturated carbocycles. The van der Waals surface area contributed by atoms with Crippen molar-refractivity contribution in [3.63, 3.8) is 0 Å². The minimum Gasteiger partial charge on any atom is -0.324 e. The minimum absolute atomic E-state index is 0.316. The molecule has 0 fully saturated rings. The van der Waals surface area contributed by atoms with Gasteiger partial charge in [0.1, 0.15) is 0 Å². The first-order chi connectivity index (χ1) is 9.46. The molecule has 0 radical (unpaired) electrons. The first kappa shape index (κ1) is 14.5. The Bertz CT molecular complexity index is 651. The van der Waals surface area contributed by atoms with Crippen molar-refractivity contribution < 1.29 is 19.1 Å². The molecule has 0 saturated heterocycles. The highest BCUT2D eigenvalue weighted by molar-refractivity contribution is 7.50. The number of carbonyl (C=O) groups excluding carboxylic acids is 1.